The van der Waals surface area contributed by atoms with E-state index in [4.69, 9.17) is 4.74 Å². The predicted molar refractivity (Wildman–Crippen MR) is 111 cm³/mol. The van der Waals surface area contributed by atoms with Gasteiger partial charge in [0.15, 0.2) is 0 Å². The van der Waals surface area contributed by atoms with E-state index in [-0.39, 0.29) is 42.8 Å². The smallest absolute Gasteiger partial charge is 0.261 e. The Bertz CT molecular complexity index is 792. The zero-order valence-electron chi connectivity index (χ0n) is 16.7. The first-order chi connectivity index (χ1) is 13.6. The number of halogens is 1. The van der Waals surface area contributed by atoms with Crippen LogP contribution in [0.5, 0.6) is 0 Å². The summed E-state index contributed by atoms with van der Waals surface area (Å²) in [6.45, 7) is 3.30. The van der Waals surface area contributed by atoms with E-state index in [1.165, 1.54) is 4.90 Å². The van der Waals surface area contributed by atoms with Gasteiger partial charge in [0.25, 0.3) is 17.7 Å². The van der Waals surface area contributed by atoms with Gasteiger partial charge in [0.1, 0.15) is 0 Å². The number of piperidine rings is 1. The highest BCUT2D eigenvalue weighted by atomic mass is 35.5. The summed E-state index contributed by atoms with van der Waals surface area (Å²) in [5.74, 6) is -0.234. The van der Waals surface area contributed by atoms with Crippen LogP contribution in [0.1, 0.15) is 56.8 Å². The van der Waals surface area contributed by atoms with Crippen molar-refractivity contribution in [2.75, 3.05) is 39.8 Å². The van der Waals surface area contributed by atoms with Gasteiger partial charge in [-0.1, -0.05) is 0 Å². The second-order valence-corrected chi connectivity index (χ2v) is 7.93. The molecule has 0 aliphatic carbocycles. The maximum atomic E-state index is 13.0. The van der Waals surface area contributed by atoms with E-state index in [2.05, 4.69) is 5.32 Å². The lowest BCUT2D eigenvalue weighted by Crippen LogP contribution is -2.42. The number of hydrogen-bond acceptors (Lipinski definition) is 5. The van der Waals surface area contributed by atoms with Gasteiger partial charge in [0.05, 0.1) is 23.8 Å². The van der Waals surface area contributed by atoms with Gasteiger partial charge >= 0.3 is 0 Å². The van der Waals surface area contributed by atoms with Crippen molar-refractivity contribution in [3.63, 3.8) is 0 Å². The summed E-state index contributed by atoms with van der Waals surface area (Å²) < 4.78 is 5.57. The number of hydrogen-bond donors (Lipinski definition) is 1. The van der Waals surface area contributed by atoms with Crippen molar-refractivity contribution in [1.29, 1.82) is 0 Å². The van der Waals surface area contributed by atoms with Crippen molar-refractivity contribution in [3.05, 3.63) is 34.9 Å². The molecule has 3 heterocycles. The van der Waals surface area contributed by atoms with Gasteiger partial charge in [0, 0.05) is 25.3 Å². The molecule has 158 valence electrons. The summed E-state index contributed by atoms with van der Waals surface area (Å²) in [5.41, 5.74) is 1.19. The first-order valence-corrected chi connectivity index (χ1v) is 10.1. The number of ether oxygens (including phenoxy) is 1. The maximum Gasteiger partial charge on any atom is 0.261 e. The third kappa shape index (κ3) is 4.32. The van der Waals surface area contributed by atoms with Gasteiger partial charge in [-0.25, -0.2) is 0 Å². The number of nitrogens with zero attached hydrogens (tertiary/aromatic N) is 2. The summed E-state index contributed by atoms with van der Waals surface area (Å²) in [7, 11) is 1.92. The van der Waals surface area contributed by atoms with E-state index in [0.717, 1.165) is 45.3 Å². The van der Waals surface area contributed by atoms with Gasteiger partial charge in [-0.15, -0.1) is 12.4 Å². The van der Waals surface area contributed by atoms with E-state index >= 15 is 0 Å². The fraction of sp³-hybridized carbons (Fsp3) is 0.571. The highest BCUT2D eigenvalue weighted by Gasteiger charge is 2.38. The van der Waals surface area contributed by atoms with Gasteiger partial charge in [-0.3, -0.25) is 19.3 Å². The molecule has 7 nitrogen and oxygen atoms in total. The number of likely N-dealkylation sites (tertiary alicyclic amines) is 1. The Morgan fingerprint density at radius 2 is 1.97 bits per heavy atom. The van der Waals surface area contributed by atoms with Crippen molar-refractivity contribution < 1.29 is 19.1 Å². The molecule has 3 aliphatic heterocycles. The minimum Gasteiger partial charge on any atom is -0.376 e. The van der Waals surface area contributed by atoms with Gasteiger partial charge in [-0.2, -0.15) is 0 Å². The lowest BCUT2D eigenvalue weighted by atomic mass is 9.97. The third-order valence-electron chi connectivity index (χ3n) is 5.93. The monoisotopic (exact) mass is 421 g/mol. The zero-order chi connectivity index (χ0) is 19.7. The standard InChI is InChI=1S/C21H27N3O4.ClH/c1-22-11-14-4-2-8-23(12-14)19(25)15-6-7-17-18(10-15)21(27)24(20(17)26)13-16-5-3-9-28-16;/h6-7,10,14,16,22H,2-5,8-9,11-13H2,1H3;1H. The normalized spacial score (nSPS) is 23.9. The largest absolute Gasteiger partial charge is 0.376 e. The van der Waals surface area contributed by atoms with E-state index in [1.54, 1.807) is 18.2 Å². The van der Waals surface area contributed by atoms with Crippen LogP contribution in [0.25, 0.3) is 0 Å². The molecule has 1 N–H and O–H groups in total. The number of nitrogens with one attached hydrogen (secondary N) is 1. The Labute approximate surface area is 177 Å². The van der Waals surface area contributed by atoms with E-state index < -0.39 is 0 Å². The van der Waals surface area contributed by atoms with Crippen molar-refractivity contribution in [2.24, 2.45) is 5.92 Å². The average molecular weight is 422 g/mol. The van der Waals surface area contributed by atoms with Crippen LogP contribution >= 0.6 is 12.4 Å². The molecule has 1 aromatic rings. The number of rotatable bonds is 5. The SMILES string of the molecule is CNCC1CCCN(C(=O)c2ccc3c(c2)C(=O)N(CC2CCCO2)C3=O)C1.Cl. The maximum absolute atomic E-state index is 13.0. The van der Waals surface area contributed by atoms with E-state index in [9.17, 15) is 14.4 Å². The lowest BCUT2D eigenvalue weighted by Gasteiger charge is -2.32. The number of amides is 3. The summed E-state index contributed by atoms with van der Waals surface area (Å²) in [6.07, 6.45) is 3.83. The number of imide groups is 1. The second-order valence-electron chi connectivity index (χ2n) is 7.93. The fourth-order valence-corrected chi connectivity index (χ4v) is 4.47. The Balaban J connectivity index is 0.00000240. The minimum atomic E-state index is -0.322. The van der Waals surface area contributed by atoms with E-state index in [0.29, 0.717) is 29.2 Å². The number of carbonyl (C=O) groups excluding carboxylic acids is 3. The average Bonchev–Trinajstić information content (AvgIpc) is 3.31. The van der Waals surface area contributed by atoms with Crippen molar-refractivity contribution in [3.8, 4) is 0 Å². The lowest BCUT2D eigenvalue weighted by molar-refractivity contribution is 0.0475. The molecule has 29 heavy (non-hydrogen) atoms. The molecular weight excluding hydrogens is 394 g/mol. The zero-order valence-corrected chi connectivity index (χ0v) is 17.5. The third-order valence-corrected chi connectivity index (χ3v) is 5.93. The summed E-state index contributed by atoms with van der Waals surface area (Å²) in [6, 6.07) is 4.88. The van der Waals surface area contributed by atoms with Crippen LogP contribution in [0.15, 0.2) is 18.2 Å². The van der Waals surface area contributed by atoms with Gasteiger partial charge in [-0.05, 0) is 63.4 Å². The summed E-state index contributed by atoms with van der Waals surface area (Å²) >= 11 is 0. The van der Waals surface area contributed by atoms with E-state index in [1.807, 2.05) is 11.9 Å². The topological polar surface area (TPSA) is 79.0 Å². The summed E-state index contributed by atoms with van der Waals surface area (Å²) in [4.78, 5) is 41.5. The molecule has 2 atom stereocenters. The molecular formula is C21H28ClN3O4. The Hall–Kier alpha value is -1.96. The van der Waals surface area contributed by atoms with Crippen LogP contribution in [0.2, 0.25) is 0 Å². The first kappa shape index (κ1) is 21.7. The summed E-state index contributed by atoms with van der Waals surface area (Å²) in [5, 5.41) is 3.18. The van der Waals surface area contributed by atoms with Crippen LogP contribution in [0.3, 0.4) is 0 Å². The molecule has 0 aromatic heterocycles. The molecule has 2 saturated heterocycles. The minimum absolute atomic E-state index is 0. The highest BCUT2D eigenvalue weighted by Crippen LogP contribution is 2.27. The van der Waals surface area contributed by atoms with Crippen LogP contribution in [0, 0.1) is 5.92 Å². The van der Waals surface area contributed by atoms with Gasteiger partial charge < -0.3 is 15.0 Å². The molecule has 2 fully saturated rings. The predicted octanol–water partition coefficient (Wildman–Crippen LogP) is 1.95. The quantitative estimate of drug-likeness (QED) is 0.735. The van der Waals surface area contributed by atoms with Crippen LogP contribution in [-0.2, 0) is 4.74 Å². The van der Waals surface area contributed by atoms with Crippen molar-refractivity contribution in [1.82, 2.24) is 15.1 Å². The molecule has 1 aromatic carbocycles. The fourth-order valence-electron chi connectivity index (χ4n) is 4.47. The molecule has 4 rings (SSSR count). The number of fused-ring (bicyclic) bond motifs is 1. The molecule has 0 spiro atoms. The van der Waals surface area contributed by atoms with Gasteiger partial charge in [0.2, 0.25) is 0 Å². The molecule has 8 heteroatoms. The Morgan fingerprint density at radius 3 is 2.69 bits per heavy atom. The number of carbonyl (C=O) groups is 3. The molecule has 3 amide bonds. The molecule has 0 saturated carbocycles. The van der Waals surface area contributed by atoms with Crippen molar-refractivity contribution in [2.45, 2.75) is 31.8 Å². The Kier molecular flexibility index (Phi) is 6.93. The van der Waals surface area contributed by atoms with Crippen LogP contribution in [-0.4, -0.2) is 73.5 Å². The molecule has 0 radical (unpaired) electrons. The molecule has 2 unspecified atom stereocenters. The second kappa shape index (κ2) is 9.24. The molecule has 3 aliphatic rings. The van der Waals surface area contributed by atoms with Crippen LogP contribution < -0.4 is 5.32 Å². The Morgan fingerprint density at radius 1 is 1.17 bits per heavy atom. The first-order valence-electron chi connectivity index (χ1n) is 10.1. The highest BCUT2D eigenvalue weighted by molar-refractivity contribution is 6.22. The molecule has 0 bridgehead atoms. The number of benzene rings is 1. The van der Waals surface area contributed by atoms with Crippen LogP contribution in [0.4, 0.5) is 0 Å². The van der Waals surface area contributed by atoms with Crippen molar-refractivity contribution >= 4 is 30.1 Å².